The summed E-state index contributed by atoms with van der Waals surface area (Å²) in [6.45, 7) is 0. The average molecular weight is 586 g/mol. The first-order valence-corrected chi connectivity index (χ1v) is 14.6. The van der Waals surface area contributed by atoms with Crippen molar-refractivity contribution in [2.75, 3.05) is 12.8 Å². The van der Waals surface area contributed by atoms with Crippen LogP contribution in [0.4, 0.5) is 5.69 Å². The van der Waals surface area contributed by atoms with E-state index in [1.54, 1.807) is 12.1 Å². The number of anilines is 1. The smallest absolute Gasteiger partial charge is 0.337 e. The fraction of sp³-hybridized carbons (Fsp3) is 0.0263. The summed E-state index contributed by atoms with van der Waals surface area (Å²) < 4.78 is 14.0. The van der Waals surface area contributed by atoms with E-state index in [0.717, 1.165) is 77.7 Å². The van der Waals surface area contributed by atoms with Crippen molar-refractivity contribution in [1.82, 2.24) is 8.75 Å². The van der Waals surface area contributed by atoms with Gasteiger partial charge >= 0.3 is 5.97 Å². The maximum absolute atomic E-state index is 11.9. The number of fused-ring (bicyclic) bond motifs is 3. The zero-order valence-corrected chi connectivity index (χ0v) is 24.4. The van der Waals surface area contributed by atoms with E-state index in [2.05, 4.69) is 56.7 Å². The molecule has 5 nitrogen and oxygen atoms in total. The molecule has 0 atom stereocenters. The summed E-state index contributed by atoms with van der Waals surface area (Å²) >= 11 is 1.16. The van der Waals surface area contributed by atoms with Crippen LogP contribution in [0.25, 0.3) is 43.7 Å². The van der Waals surface area contributed by atoms with Gasteiger partial charge in [0.1, 0.15) is 11.0 Å². The number of nitrogens with two attached hydrogens (primary N) is 1. The number of hydrogen-bond acceptors (Lipinski definition) is 6. The normalized spacial score (nSPS) is 10.7. The van der Waals surface area contributed by atoms with Gasteiger partial charge in [-0.05, 0) is 69.6 Å². The molecule has 0 amide bonds. The van der Waals surface area contributed by atoms with E-state index in [1.165, 1.54) is 7.11 Å². The number of benzene rings is 6. The van der Waals surface area contributed by atoms with Gasteiger partial charge in [-0.25, -0.2) is 4.79 Å². The van der Waals surface area contributed by atoms with Crippen LogP contribution in [0.2, 0.25) is 0 Å². The third-order valence-corrected chi connectivity index (χ3v) is 8.06. The molecule has 0 bridgehead atoms. The van der Waals surface area contributed by atoms with E-state index >= 15 is 0 Å². The molecule has 7 aromatic rings. The number of nitrogens with zero attached hydrogens (tertiary/aromatic N) is 2. The molecule has 1 aromatic heterocycles. The standard InChI is InChI=1S/C38H23N3O2S/c1-43-38(42)27-15-13-25(14-16-27)29-22-17-26(36-37(29)41-44-40-36)18-23-35-32-8-4-2-6-30(32)34(31-7-3-5-9-33(31)35)21-12-24-10-19-28(39)20-11-24/h2-11,13-17,19-20,22H,39H2,1H3. The van der Waals surface area contributed by atoms with E-state index in [1.807, 2.05) is 72.8 Å². The SMILES string of the molecule is COC(=O)c1ccc(-c2ccc(C#Cc3c4ccccc4c(C#Cc4ccc(N)cc4)c4ccccc34)c3nsnc23)cc1. The Hall–Kier alpha value is -5.95. The predicted molar refractivity (Wildman–Crippen MR) is 178 cm³/mol. The van der Waals surface area contributed by atoms with Crippen LogP contribution in [0.15, 0.2) is 109 Å². The van der Waals surface area contributed by atoms with Crippen LogP contribution in [-0.2, 0) is 4.74 Å². The van der Waals surface area contributed by atoms with E-state index in [0.29, 0.717) is 11.3 Å². The summed E-state index contributed by atoms with van der Waals surface area (Å²) in [6.07, 6.45) is 0. The summed E-state index contributed by atoms with van der Waals surface area (Å²) in [5, 5.41) is 4.17. The molecular weight excluding hydrogens is 563 g/mol. The Morgan fingerprint density at radius 1 is 0.659 bits per heavy atom. The van der Waals surface area contributed by atoms with Crippen LogP contribution in [0.1, 0.15) is 32.6 Å². The van der Waals surface area contributed by atoms with Gasteiger partial charge in [-0.2, -0.15) is 8.75 Å². The van der Waals surface area contributed by atoms with Crippen molar-refractivity contribution in [2.45, 2.75) is 0 Å². The van der Waals surface area contributed by atoms with Crippen molar-refractivity contribution in [3.63, 3.8) is 0 Å². The molecule has 2 N–H and O–H groups in total. The van der Waals surface area contributed by atoms with Crippen LogP contribution in [0.3, 0.4) is 0 Å². The molecule has 0 saturated heterocycles. The lowest BCUT2D eigenvalue weighted by Gasteiger charge is -2.10. The third kappa shape index (κ3) is 4.90. The highest BCUT2D eigenvalue weighted by atomic mass is 32.1. The van der Waals surface area contributed by atoms with Crippen LogP contribution < -0.4 is 5.73 Å². The number of methoxy groups -OCH3 is 1. The maximum atomic E-state index is 11.9. The van der Waals surface area contributed by atoms with Gasteiger partial charge in [-0.1, -0.05) is 90.4 Å². The van der Waals surface area contributed by atoms with Crippen LogP contribution in [0.5, 0.6) is 0 Å². The number of ether oxygens (including phenoxy) is 1. The largest absolute Gasteiger partial charge is 0.465 e. The monoisotopic (exact) mass is 585 g/mol. The predicted octanol–water partition coefficient (Wildman–Crippen LogP) is 7.83. The molecule has 0 saturated carbocycles. The molecule has 1 heterocycles. The fourth-order valence-corrected chi connectivity index (χ4v) is 5.91. The summed E-state index contributed by atoms with van der Waals surface area (Å²) in [4.78, 5) is 11.9. The van der Waals surface area contributed by atoms with Gasteiger partial charge in [0.05, 0.1) is 30.0 Å². The Labute approximate surface area is 258 Å². The van der Waals surface area contributed by atoms with Crippen LogP contribution >= 0.6 is 11.7 Å². The Balaban J connectivity index is 1.35. The van der Waals surface area contributed by atoms with E-state index in [4.69, 9.17) is 10.5 Å². The number of aromatic nitrogens is 2. The molecule has 0 aliphatic rings. The molecule has 44 heavy (non-hydrogen) atoms. The average Bonchev–Trinajstić information content (AvgIpc) is 3.57. The first-order chi connectivity index (χ1) is 21.6. The second kappa shape index (κ2) is 11.4. The van der Waals surface area contributed by atoms with Crippen molar-refractivity contribution in [1.29, 1.82) is 0 Å². The highest BCUT2D eigenvalue weighted by Crippen LogP contribution is 2.33. The molecule has 6 heteroatoms. The fourth-order valence-electron chi connectivity index (χ4n) is 5.33. The highest BCUT2D eigenvalue weighted by Gasteiger charge is 2.14. The number of esters is 1. The third-order valence-electron chi connectivity index (χ3n) is 7.53. The number of rotatable bonds is 2. The lowest BCUT2D eigenvalue weighted by Crippen LogP contribution is -2.00. The first-order valence-electron chi connectivity index (χ1n) is 13.9. The summed E-state index contributed by atoms with van der Waals surface area (Å²) in [7, 11) is 1.37. The molecule has 208 valence electrons. The molecule has 0 fully saturated rings. The van der Waals surface area contributed by atoms with Gasteiger partial charge in [0.2, 0.25) is 0 Å². The second-order valence-corrected chi connectivity index (χ2v) is 10.7. The molecule has 0 radical (unpaired) electrons. The van der Waals surface area contributed by atoms with E-state index < -0.39 is 0 Å². The second-order valence-electron chi connectivity index (χ2n) is 10.2. The van der Waals surface area contributed by atoms with Gasteiger partial charge in [-0.3, -0.25) is 0 Å². The zero-order valence-electron chi connectivity index (χ0n) is 23.6. The number of carbonyl (C=O) groups is 1. The highest BCUT2D eigenvalue weighted by molar-refractivity contribution is 7.00. The van der Waals surface area contributed by atoms with Crippen molar-refractivity contribution in [3.8, 4) is 34.8 Å². The lowest BCUT2D eigenvalue weighted by atomic mass is 9.91. The lowest BCUT2D eigenvalue weighted by molar-refractivity contribution is 0.0600. The number of hydrogen-bond donors (Lipinski definition) is 1. The van der Waals surface area contributed by atoms with Gasteiger partial charge in [0, 0.05) is 27.9 Å². The van der Waals surface area contributed by atoms with Crippen molar-refractivity contribution in [2.24, 2.45) is 0 Å². The molecule has 0 aliphatic heterocycles. The molecule has 7 rings (SSSR count). The van der Waals surface area contributed by atoms with Crippen molar-refractivity contribution >= 4 is 56.0 Å². The Morgan fingerprint density at radius 3 is 1.82 bits per heavy atom. The molecular formula is C38H23N3O2S. The van der Waals surface area contributed by atoms with Crippen molar-refractivity contribution < 1.29 is 9.53 Å². The number of nitrogen functional groups attached to an aromatic ring is 1. The molecule has 6 aromatic carbocycles. The van der Waals surface area contributed by atoms with Gasteiger partial charge in [0.15, 0.2) is 0 Å². The Kier molecular flexibility index (Phi) is 6.96. The number of carbonyl (C=O) groups excluding carboxylic acids is 1. The first kappa shape index (κ1) is 26.9. The maximum Gasteiger partial charge on any atom is 0.337 e. The summed E-state index contributed by atoms with van der Waals surface area (Å²) in [6, 6.07) is 35.4. The minimum absolute atomic E-state index is 0.371. The molecule has 0 unspecified atom stereocenters. The molecule has 0 aliphatic carbocycles. The van der Waals surface area contributed by atoms with Gasteiger partial charge < -0.3 is 10.5 Å². The Bertz CT molecular complexity index is 2290. The van der Waals surface area contributed by atoms with Gasteiger partial charge in [0.25, 0.3) is 0 Å². The summed E-state index contributed by atoms with van der Waals surface area (Å²) in [5.74, 6) is 13.3. The van der Waals surface area contributed by atoms with Gasteiger partial charge in [-0.15, -0.1) is 0 Å². The van der Waals surface area contributed by atoms with E-state index in [-0.39, 0.29) is 5.97 Å². The minimum atomic E-state index is -0.371. The topological polar surface area (TPSA) is 78.1 Å². The summed E-state index contributed by atoms with van der Waals surface area (Å²) in [5.41, 5.74) is 14.1. The minimum Gasteiger partial charge on any atom is -0.465 e. The van der Waals surface area contributed by atoms with Crippen molar-refractivity contribution in [3.05, 3.63) is 137 Å². The Morgan fingerprint density at radius 2 is 1.23 bits per heavy atom. The van der Waals surface area contributed by atoms with Crippen LogP contribution in [0, 0.1) is 23.7 Å². The zero-order chi connectivity index (χ0) is 30.0. The van der Waals surface area contributed by atoms with Crippen LogP contribution in [-0.4, -0.2) is 21.8 Å². The van der Waals surface area contributed by atoms with E-state index in [9.17, 15) is 4.79 Å². The molecule has 0 spiro atoms. The quantitative estimate of drug-likeness (QED) is 0.0968.